The van der Waals surface area contributed by atoms with Crippen LogP contribution in [0.3, 0.4) is 0 Å². The fraction of sp³-hybridized carbons (Fsp3) is 0. The Labute approximate surface area is 158 Å². The van der Waals surface area contributed by atoms with Crippen molar-refractivity contribution in [3.63, 3.8) is 0 Å². The summed E-state index contributed by atoms with van der Waals surface area (Å²) >= 11 is 0. The molecule has 9 nitrogen and oxygen atoms in total. The molecule has 0 aliphatic heterocycles. The van der Waals surface area contributed by atoms with Crippen LogP contribution >= 0.6 is 0 Å². The second-order valence-electron chi connectivity index (χ2n) is 5.70. The van der Waals surface area contributed by atoms with Crippen LogP contribution in [0.4, 0.5) is 17.1 Å². The summed E-state index contributed by atoms with van der Waals surface area (Å²) in [6.07, 6.45) is 0. The summed E-state index contributed by atoms with van der Waals surface area (Å²) in [5, 5.41) is 35.9. The highest BCUT2D eigenvalue weighted by atomic mass is 16.6. The van der Waals surface area contributed by atoms with Crippen molar-refractivity contribution in [1.29, 1.82) is 0 Å². The summed E-state index contributed by atoms with van der Waals surface area (Å²) in [4.78, 5) is 20.7. The zero-order valence-corrected chi connectivity index (χ0v) is 14.4. The predicted octanol–water partition coefficient (Wildman–Crippen LogP) is 4.07. The minimum absolute atomic E-state index is 0.0165. The largest absolute Gasteiger partial charge is 0.508 e. The molecule has 0 fully saturated rings. The highest BCUT2D eigenvalue weighted by Crippen LogP contribution is 2.29. The fourth-order valence-corrected chi connectivity index (χ4v) is 2.51. The minimum atomic E-state index is -0.715. The van der Waals surface area contributed by atoms with E-state index in [1.807, 2.05) is 30.3 Å². The van der Waals surface area contributed by atoms with Gasteiger partial charge in [-0.3, -0.25) is 25.7 Å². The molecule has 140 valence electrons. The molecule has 0 spiro atoms. The van der Waals surface area contributed by atoms with Crippen LogP contribution in [0.15, 0.2) is 77.9 Å². The second kappa shape index (κ2) is 7.96. The number of anilines is 1. The van der Waals surface area contributed by atoms with Gasteiger partial charge in [-0.05, 0) is 30.3 Å². The Bertz CT molecular complexity index is 1050. The van der Waals surface area contributed by atoms with Crippen LogP contribution in [0.5, 0.6) is 5.75 Å². The Morgan fingerprint density at radius 2 is 1.50 bits per heavy atom. The van der Waals surface area contributed by atoms with Crippen LogP contribution in [0.1, 0.15) is 11.1 Å². The number of non-ortho nitro benzene ring substituents is 1. The van der Waals surface area contributed by atoms with Gasteiger partial charge in [0.05, 0.1) is 21.6 Å². The van der Waals surface area contributed by atoms with E-state index in [0.29, 0.717) is 11.3 Å². The number of rotatable bonds is 6. The van der Waals surface area contributed by atoms with Crippen LogP contribution < -0.4 is 5.43 Å². The van der Waals surface area contributed by atoms with E-state index in [2.05, 4.69) is 10.5 Å². The first-order valence-electron chi connectivity index (χ1n) is 8.07. The molecule has 2 N–H and O–H groups in total. The van der Waals surface area contributed by atoms with Gasteiger partial charge in [-0.1, -0.05) is 30.3 Å². The van der Waals surface area contributed by atoms with E-state index in [-0.39, 0.29) is 17.1 Å². The third-order valence-corrected chi connectivity index (χ3v) is 3.86. The van der Waals surface area contributed by atoms with E-state index in [9.17, 15) is 25.3 Å². The van der Waals surface area contributed by atoms with Crippen LogP contribution in [-0.2, 0) is 0 Å². The maximum absolute atomic E-state index is 11.3. The Morgan fingerprint density at radius 3 is 2.11 bits per heavy atom. The number of phenolic OH excluding ortho intramolecular Hbond substituents is 1. The van der Waals surface area contributed by atoms with E-state index >= 15 is 0 Å². The van der Waals surface area contributed by atoms with E-state index in [1.165, 1.54) is 18.2 Å². The lowest BCUT2D eigenvalue weighted by Gasteiger charge is -2.09. The van der Waals surface area contributed by atoms with Crippen molar-refractivity contribution in [1.82, 2.24) is 0 Å². The average Bonchev–Trinajstić information content (AvgIpc) is 2.70. The molecule has 0 aromatic heterocycles. The molecule has 0 aliphatic carbocycles. The quantitative estimate of drug-likeness (QED) is 0.377. The molecule has 0 heterocycles. The number of hydrazone groups is 1. The zero-order valence-electron chi connectivity index (χ0n) is 14.4. The first kappa shape index (κ1) is 18.5. The van der Waals surface area contributed by atoms with Crippen molar-refractivity contribution >= 4 is 22.8 Å². The van der Waals surface area contributed by atoms with Gasteiger partial charge in [0, 0.05) is 17.2 Å². The smallest absolute Gasteiger partial charge is 0.301 e. The number of nitrogens with one attached hydrogen (secondary N) is 1. The van der Waals surface area contributed by atoms with Gasteiger partial charge in [-0.15, -0.1) is 0 Å². The lowest BCUT2D eigenvalue weighted by atomic mass is 10.0. The van der Waals surface area contributed by atoms with E-state index in [4.69, 9.17) is 0 Å². The monoisotopic (exact) mass is 378 g/mol. The normalized spacial score (nSPS) is 11.1. The summed E-state index contributed by atoms with van der Waals surface area (Å²) in [5.74, 6) is 0.0927. The molecule has 0 aliphatic rings. The molecule has 9 heteroatoms. The third-order valence-electron chi connectivity index (χ3n) is 3.86. The number of aromatic hydroxyl groups is 1. The number of hydrogen-bond donors (Lipinski definition) is 2. The third kappa shape index (κ3) is 4.10. The molecule has 28 heavy (non-hydrogen) atoms. The van der Waals surface area contributed by atoms with Gasteiger partial charge < -0.3 is 5.11 Å². The van der Waals surface area contributed by atoms with Crippen molar-refractivity contribution in [2.24, 2.45) is 5.10 Å². The number of hydrogen-bond acceptors (Lipinski definition) is 7. The molecular weight excluding hydrogens is 364 g/mol. The molecule has 0 saturated carbocycles. The van der Waals surface area contributed by atoms with Gasteiger partial charge in [0.1, 0.15) is 11.4 Å². The standard InChI is InChI=1S/C19H14N4O5/c24-16-9-6-14(7-10-16)19(13-4-2-1-3-5-13)21-20-17-11-8-15(22(25)26)12-18(17)23(27)28/h1-12,20,24H/b21-19+. The number of nitro benzene ring substituents is 2. The van der Waals surface area contributed by atoms with Crippen molar-refractivity contribution < 1.29 is 15.0 Å². The molecule has 3 rings (SSSR count). The highest BCUT2D eigenvalue weighted by molar-refractivity contribution is 6.13. The maximum Gasteiger partial charge on any atom is 0.301 e. The van der Waals surface area contributed by atoms with Crippen LogP contribution in [0.2, 0.25) is 0 Å². The summed E-state index contributed by atoms with van der Waals surface area (Å²) in [6.45, 7) is 0. The number of nitro groups is 2. The molecule has 0 atom stereocenters. The van der Waals surface area contributed by atoms with Crippen LogP contribution in [0, 0.1) is 20.2 Å². The van der Waals surface area contributed by atoms with Gasteiger partial charge in [0.25, 0.3) is 5.69 Å². The first-order chi connectivity index (χ1) is 13.5. The van der Waals surface area contributed by atoms with Gasteiger partial charge in [0.15, 0.2) is 0 Å². The molecule has 0 bridgehead atoms. The van der Waals surface area contributed by atoms with Gasteiger partial charge in [-0.25, -0.2) is 0 Å². The number of nitrogens with zero attached hydrogens (tertiary/aromatic N) is 3. The topological polar surface area (TPSA) is 131 Å². The molecule has 0 amide bonds. The summed E-state index contributed by atoms with van der Waals surface area (Å²) in [5.41, 5.74) is 3.69. The van der Waals surface area contributed by atoms with E-state index in [0.717, 1.165) is 17.7 Å². The Balaban J connectivity index is 2.04. The maximum atomic E-state index is 11.3. The lowest BCUT2D eigenvalue weighted by Crippen LogP contribution is -2.07. The molecule has 3 aromatic rings. The molecule has 0 radical (unpaired) electrons. The zero-order chi connectivity index (χ0) is 20.1. The SMILES string of the molecule is O=[N+]([O-])c1ccc(N/N=C(\c2ccccc2)c2ccc(O)cc2)c([N+](=O)[O-])c1. The van der Waals surface area contributed by atoms with E-state index < -0.39 is 15.5 Å². The van der Waals surface area contributed by atoms with E-state index in [1.54, 1.807) is 12.1 Å². The fourth-order valence-electron chi connectivity index (χ4n) is 2.51. The van der Waals surface area contributed by atoms with Gasteiger partial charge >= 0.3 is 5.69 Å². The minimum Gasteiger partial charge on any atom is -0.508 e. The summed E-state index contributed by atoms with van der Waals surface area (Å²) in [7, 11) is 0. The second-order valence-corrected chi connectivity index (χ2v) is 5.70. The average molecular weight is 378 g/mol. The molecule has 0 unspecified atom stereocenters. The Kier molecular flexibility index (Phi) is 5.26. The lowest BCUT2D eigenvalue weighted by molar-refractivity contribution is -0.393. The molecular formula is C19H14N4O5. The Morgan fingerprint density at radius 1 is 0.857 bits per heavy atom. The molecule has 3 aromatic carbocycles. The summed E-state index contributed by atoms with van der Waals surface area (Å²) in [6, 6.07) is 18.7. The molecule has 0 saturated heterocycles. The van der Waals surface area contributed by atoms with Crippen molar-refractivity contribution in [2.75, 3.05) is 5.43 Å². The van der Waals surface area contributed by atoms with Gasteiger partial charge in [0.2, 0.25) is 0 Å². The number of benzene rings is 3. The Hall–Kier alpha value is -4.27. The van der Waals surface area contributed by atoms with Crippen LogP contribution in [0.25, 0.3) is 0 Å². The van der Waals surface area contributed by atoms with Crippen LogP contribution in [-0.4, -0.2) is 20.7 Å². The van der Waals surface area contributed by atoms with Gasteiger partial charge in [-0.2, -0.15) is 5.10 Å². The number of phenols is 1. The summed E-state index contributed by atoms with van der Waals surface area (Å²) < 4.78 is 0. The van der Waals surface area contributed by atoms with Crippen molar-refractivity contribution in [3.8, 4) is 5.75 Å². The predicted molar refractivity (Wildman–Crippen MR) is 104 cm³/mol. The first-order valence-corrected chi connectivity index (χ1v) is 8.07. The van der Waals surface area contributed by atoms with Crippen molar-refractivity contribution in [2.45, 2.75) is 0 Å². The van der Waals surface area contributed by atoms with Crippen molar-refractivity contribution in [3.05, 3.63) is 104 Å². The highest BCUT2D eigenvalue weighted by Gasteiger charge is 2.19.